The topological polar surface area (TPSA) is 27.3 Å². The first-order valence-corrected chi connectivity index (χ1v) is 6.36. The highest BCUT2D eigenvalue weighted by Gasteiger charge is 2.00. The molecular formula is C12H29N3. The normalized spacial score (nSPS) is 11.2. The minimum absolute atomic E-state index is 1.15. The fraction of sp³-hybridized carbons (Fsp3) is 1.00. The lowest BCUT2D eigenvalue weighted by molar-refractivity contribution is 0.275. The number of hydrogen-bond acceptors (Lipinski definition) is 3. The predicted molar refractivity (Wildman–Crippen MR) is 68.4 cm³/mol. The van der Waals surface area contributed by atoms with Crippen molar-refractivity contribution in [2.24, 2.45) is 0 Å². The smallest absolute Gasteiger partial charge is 0.00184 e. The van der Waals surface area contributed by atoms with Crippen molar-refractivity contribution in [2.45, 2.75) is 32.6 Å². The van der Waals surface area contributed by atoms with Crippen molar-refractivity contribution < 1.29 is 0 Å². The van der Waals surface area contributed by atoms with Gasteiger partial charge in [0.25, 0.3) is 0 Å². The van der Waals surface area contributed by atoms with Crippen molar-refractivity contribution in [1.29, 1.82) is 0 Å². The number of nitrogens with zero attached hydrogens (tertiary/aromatic N) is 1. The monoisotopic (exact) mass is 215 g/mol. The Balaban J connectivity index is 3.29. The maximum absolute atomic E-state index is 3.19. The molecule has 0 bridgehead atoms. The molecule has 3 nitrogen and oxygen atoms in total. The molecule has 0 aromatic rings. The molecule has 15 heavy (non-hydrogen) atoms. The second-order valence-electron chi connectivity index (χ2n) is 4.06. The SMILES string of the molecule is CCN(CCCCNC)CCCCNC. The minimum atomic E-state index is 1.15. The van der Waals surface area contributed by atoms with Crippen LogP contribution in [0.5, 0.6) is 0 Å². The van der Waals surface area contributed by atoms with Crippen LogP contribution in [0.4, 0.5) is 0 Å². The van der Waals surface area contributed by atoms with Crippen molar-refractivity contribution in [3.8, 4) is 0 Å². The van der Waals surface area contributed by atoms with E-state index in [1.165, 1.54) is 45.3 Å². The molecule has 0 amide bonds. The van der Waals surface area contributed by atoms with Crippen LogP contribution in [0.15, 0.2) is 0 Å². The third-order valence-electron chi connectivity index (χ3n) is 2.75. The van der Waals surface area contributed by atoms with Crippen LogP contribution < -0.4 is 10.6 Å². The van der Waals surface area contributed by atoms with Crippen molar-refractivity contribution in [3.05, 3.63) is 0 Å². The molecule has 0 saturated heterocycles. The molecule has 0 aromatic heterocycles. The second kappa shape index (κ2) is 12.0. The summed E-state index contributed by atoms with van der Waals surface area (Å²) in [5.74, 6) is 0. The average Bonchev–Trinajstić information content (AvgIpc) is 2.27. The van der Waals surface area contributed by atoms with E-state index >= 15 is 0 Å². The van der Waals surface area contributed by atoms with Gasteiger partial charge in [-0.1, -0.05) is 6.92 Å². The summed E-state index contributed by atoms with van der Waals surface area (Å²) >= 11 is 0. The zero-order chi connectivity index (χ0) is 11.4. The highest BCUT2D eigenvalue weighted by Crippen LogP contribution is 1.98. The van der Waals surface area contributed by atoms with Gasteiger partial charge in [-0.3, -0.25) is 0 Å². The summed E-state index contributed by atoms with van der Waals surface area (Å²) in [4.78, 5) is 2.56. The Kier molecular flexibility index (Phi) is 11.9. The van der Waals surface area contributed by atoms with Crippen LogP contribution >= 0.6 is 0 Å². The Morgan fingerprint density at radius 3 is 1.60 bits per heavy atom. The first-order chi connectivity index (χ1) is 7.35. The van der Waals surface area contributed by atoms with E-state index in [4.69, 9.17) is 0 Å². The Labute approximate surface area is 95.6 Å². The molecule has 0 aliphatic carbocycles. The van der Waals surface area contributed by atoms with E-state index in [1.54, 1.807) is 0 Å². The first kappa shape index (κ1) is 14.9. The lowest BCUT2D eigenvalue weighted by Gasteiger charge is -2.20. The number of unbranched alkanes of at least 4 members (excludes halogenated alkanes) is 2. The molecule has 2 N–H and O–H groups in total. The van der Waals surface area contributed by atoms with Gasteiger partial charge in [0.05, 0.1) is 0 Å². The summed E-state index contributed by atoms with van der Waals surface area (Å²) in [7, 11) is 4.05. The molecule has 0 aliphatic rings. The predicted octanol–water partition coefficient (Wildman–Crippen LogP) is 1.31. The van der Waals surface area contributed by atoms with Gasteiger partial charge in [-0.05, 0) is 72.5 Å². The summed E-state index contributed by atoms with van der Waals surface area (Å²) in [6.45, 7) is 8.28. The van der Waals surface area contributed by atoms with Gasteiger partial charge in [0.1, 0.15) is 0 Å². The molecule has 0 heterocycles. The largest absolute Gasteiger partial charge is 0.320 e. The van der Waals surface area contributed by atoms with Crippen LogP contribution in [0, 0.1) is 0 Å². The molecule has 0 rings (SSSR count). The summed E-state index contributed by atoms with van der Waals surface area (Å²) < 4.78 is 0. The molecule has 0 atom stereocenters. The van der Waals surface area contributed by atoms with Crippen LogP contribution in [-0.4, -0.2) is 51.7 Å². The maximum atomic E-state index is 3.19. The van der Waals surface area contributed by atoms with E-state index in [2.05, 4.69) is 22.5 Å². The van der Waals surface area contributed by atoms with Crippen molar-refractivity contribution in [1.82, 2.24) is 15.5 Å². The van der Waals surface area contributed by atoms with Gasteiger partial charge in [0.15, 0.2) is 0 Å². The number of rotatable bonds is 11. The van der Waals surface area contributed by atoms with E-state index < -0.39 is 0 Å². The molecule has 0 spiro atoms. The summed E-state index contributed by atoms with van der Waals surface area (Å²) in [5.41, 5.74) is 0. The fourth-order valence-electron chi connectivity index (χ4n) is 1.70. The van der Waals surface area contributed by atoms with E-state index in [-0.39, 0.29) is 0 Å². The standard InChI is InChI=1S/C12H29N3/c1-4-15(11-7-5-9-13-2)12-8-6-10-14-3/h13-14H,4-12H2,1-3H3. The molecule has 0 radical (unpaired) electrons. The Morgan fingerprint density at radius 2 is 1.27 bits per heavy atom. The number of hydrogen-bond donors (Lipinski definition) is 2. The van der Waals surface area contributed by atoms with Gasteiger partial charge in [-0.25, -0.2) is 0 Å². The average molecular weight is 215 g/mol. The van der Waals surface area contributed by atoms with E-state index in [9.17, 15) is 0 Å². The van der Waals surface area contributed by atoms with Crippen LogP contribution in [-0.2, 0) is 0 Å². The van der Waals surface area contributed by atoms with Crippen LogP contribution in [0.25, 0.3) is 0 Å². The lowest BCUT2D eigenvalue weighted by atomic mass is 10.2. The molecule has 0 fully saturated rings. The van der Waals surface area contributed by atoms with E-state index in [1.807, 2.05) is 14.1 Å². The molecule has 0 aliphatic heterocycles. The van der Waals surface area contributed by atoms with Crippen molar-refractivity contribution in [2.75, 3.05) is 46.8 Å². The van der Waals surface area contributed by atoms with Crippen molar-refractivity contribution >= 4 is 0 Å². The molecule has 0 aromatic carbocycles. The molecule has 0 unspecified atom stereocenters. The molecule has 0 saturated carbocycles. The van der Waals surface area contributed by atoms with Crippen LogP contribution in [0.3, 0.4) is 0 Å². The molecule has 92 valence electrons. The van der Waals surface area contributed by atoms with Crippen LogP contribution in [0.1, 0.15) is 32.6 Å². The quantitative estimate of drug-likeness (QED) is 0.509. The van der Waals surface area contributed by atoms with Crippen molar-refractivity contribution in [3.63, 3.8) is 0 Å². The Morgan fingerprint density at radius 1 is 0.800 bits per heavy atom. The third-order valence-corrected chi connectivity index (χ3v) is 2.75. The van der Waals surface area contributed by atoms with E-state index in [0.29, 0.717) is 0 Å². The van der Waals surface area contributed by atoms with Gasteiger partial charge >= 0.3 is 0 Å². The second-order valence-corrected chi connectivity index (χ2v) is 4.06. The highest BCUT2D eigenvalue weighted by atomic mass is 15.1. The van der Waals surface area contributed by atoms with Gasteiger partial charge in [0, 0.05) is 0 Å². The molecule has 3 heteroatoms. The van der Waals surface area contributed by atoms with Gasteiger partial charge in [-0.2, -0.15) is 0 Å². The zero-order valence-corrected chi connectivity index (χ0v) is 10.8. The third kappa shape index (κ3) is 10.2. The maximum Gasteiger partial charge on any atom is -0.00184 e. The molecular weight excluding hydrogens is 186 g/mol. The highest BCUT2D eigenvalue weighted by molar-refractivity contribution is 4.57. The van der Waals surface area contributed by atoms with Gasteiger partial charge in [-0.15, -0.1) is 0 Å². The number of nitrogens with one attached hydrogen (secondary N) is 2. The summed E-state index contributed by atoms with van der Waals surface area (Å²) in [5, 5.41) is 6.39. The minimum Gasteiger partial charge on any atom is -0.320 e. The van der Waals surface area contributed by atoms with Gasteiger partial charge in [0.2, 0.25) is 0 Å². The fourth-order valence-corrected chi connectivity index (χ4v) is 1.70. The Bertz CT molecular complexity index is 105. The van der Waals surface area contributed by atoms with Gasteiger partial charge < -0.3 is 15.5 Å². The summed E-state index contributed by atoms with van der Waals surface area (Å²) in [6, 6.07) is 0. The zero-order valence-electron chi connectivity index (χ0n) is 10.8. The lowest BCUT2D eigenvalue weighted by Crippen LogP contribution is -2.26. The van der Waals surface area contributed by atoms with Crippen LogP contribution in [0.2, 0.25) is 0 Å². The first-order valence-electron chi connectivity index (χ1n) is 6.36. The Hall–Kier alpha value is -0.120. The van der Waals surface area contributed by atoms with E-state index in [0.717, 1.165) is 13.1 Å². The summed E-state index contributed by atoms with van der Waals surface area (Å²) in [6.07, 6.45) is 5.23.